The van der Waals surface area contributed by atoms with Crippen molar-refractivity contribution in [3.63, 3.8) is 0 Å². The lowest BCUT2D eigenvalue weighted by Gasteiger charge is -2.31. The van der Waals surface area contributed by atoms with Gasteiger partial charge >= 0.3 is 0 Å². The van der Waals surface area contributed by atoms with Crippen molar-refractivity contribution in [1.29, 1.82) is 0 Å². The van der Waals surface area contributed by atoms with Crippen LogP contribution in [0.1, 0.15) is 18.7 Å². The van der Waals surface area contributed by atoms with Crippen LogP contribution >= 0.6 is 12.4 Å². The van der Waals surface area contributed by atoms with Crippen molar-refractivity contribution < 1.29 is 4.79 Å². The van der Waals surface area contributed by atoms with E-state index in [9.17, 15) is 4.79 Å². The van der Waals surface area contributed by atoms with Crippen LogP contribution in [0, 0.1) is 5.92 Å². The fraction of sp³-hybridized carbons (Fsp3) is 0.692. The third kappa shape index (κ3) is 4.47. The zero-order chi connectivity index (χ0) is 13.7. The van der Waals surface area contributed by atoms with Gasteiger partial charge in [-0.2, -0.15) is 0 Å². The van der Waals surface area contributed by atoms with Crippen molar-refractivity contribution in [2.45, 2.75) is 19.4 Å². The summed E-state index contributed by atoms with van der Waals surface area (Å²) in [5.74, 6) is 1.26. The first-order valence-electron chi connectivity index (χ1n) is 6.87. The van der Waals surface area contributed by atoms with Crippen LogP contribution in [0.15, 0.2) is 12.4 Å². The number of hydrogen-bond donors (Lipinski definition) is 2. The Balaban J connectivity index is 0.00000200. The number of amides is 1. The van der Waals surface area contributed by atoms with Crippen LogP contribution in [0.2, 0.25) is 0 Å². The molecule has 1 fully saturated rings. The minimum atomic E-state index is 0. The Morgan fingerprint density at radius 3 is 3.05 bits per heavy atom. The van der Waals surface area contributed by atoms with Gasteiger partial charge in [-0.05, 0) is 19.4 Å². The van der Waals surface area contributed by atoms with E-state index in [1.165, 1.54) is 0 Å². The molecule has 2 heterocycles. The molecule has 1 aromatic rings. The minimum absolute atomic E-state index is 0. The predicted octanol–water partition coefficient (Wildman–Crippen LogP) is 0.129. The molecule has 7 heteroatoms. The van der Waals surface area contributed by atoms with Crippen LogP contribution < -0.4 is 11.1 Å². The third-order valence-corrected chi connectivity index (χ3v) is 3.61. The van der Waals surface area contributed by atoms with E-state index in [4.69, 9.17) is 5.73 Å². The molecule has 0 aromatic carbocycles. The van der Waals surface area contributed by atoms with Crippen molar-refractivity contribution in [3.8, 4) is 0 Å². The summed E-state index contributed by atoms with van der Waals surface area (Å²) in [5.41, 5.74) is 5.40. The Hall–Kier alpha value is -1.11. The second-order valence-electron chi connectivity index (χ2n) is 5.11. The molecule has 1 aliphatic rings. The number of piperidine rings is 1. The van der Waals surface area contributed by atoms with Gasteiger partial charge < -0.3 is 15.6 Å². The first-order chi connectivity index (χ1) is 9.20. The number of carbonyl (C=O) groups excluding carboxylic acids is 1. The van der Waals surface area contributed by atoms with Crippen LogP contribution in [0.5, 0.6) is 0 Å². The highest BCUT2D eigenvalue weighted by Gasteiger charge is 2.25. The summed E-state index contributed by atoms with van der Waals surface area (Å²) in [6.07, 6.45) is 5.79. The predicted molar refractivity (Wildman–Crippen MR) is 80.5 cm³/mol. The lowest BCUT2D eigenvalue weighted by molar-refractivity contribution is -0.126. The maximum atomic E-state index is 12.0. The highest BCUT2D eigenvalue weighted by molar-refractivity contribution is 5.85. The molecule has 1 aromatic heterocycles. The molecule has 114 valence electrons. The molecule has 1 atom stereocenters. The average Bonchev–Trinajstić information content (AvgIpc) is 2.82. The molecule has 1 aliphatic heterocycles. The van der Waals surface area contributed by atoms with Crippen LogP contribution in [0.4, 0.5) is 0 Å². The molecule has 1 unspecified atom stereocenters. The van der Waals surface area contributed by atoms with Gasteiger partial charge in [0.1, 0.15) is 5.82 Å². The van der Waals surface area contributed by atoms with Gasteiger partial charge in [0.15, 0.2) is 0 Å². The van der Waals surface area contributed by atoms with Gasteiger partial charge in [-0.3, -0.25) is 9.69 Å². The SMILES string of the molecule is Cl.Cn1ccnc1CN1CCCC(C(=O)NCCN)C1. The molecule has 1 saturated heterocycles. The molecule has 0 saturated carbocycles. The van der Waals surface area contributed by atoms with Crippen LogP contribution in [0.25, 0.3) is 0 Å². The summed E-state index contributed by atoms with van der Waals surface area (Å²) in [5, 5.41) is 2.88. The Morgan fingerprint density at radius 1 is 1.60 bits per heavy atom. The van der Waals surface area contributed by atoms with Crippen LogP contribution in [-0.2, 0) is 18.4 Å². The van der Waals surface area contributed by atoms with Crippen molar-refractivity contribution >= 4 is 18.3 Å². The van der Waals surface area contributed by atoms with E-state index < -0.39 is 0 Å². The normalized spacial score (nSPS) is 19.4. The smallest absolute Gasteiger partial charge is 0.224 e. The summed E-state index contributed by atoms with van der Waals surface area (Å²) in [7, 11) is 2.00. The van der Waals surface area contributed by atoms with E-state index in [1.807, 2.05) is 24.0 Å². The fourth-order valence-electron chi connectivity index (χ4n) is 2.50. The summed E-state index contributed by atoms with van der Waals surface area (Å²) in [6.45, 7) is 3.71. The van der Waals surface area contributed by atoms with Gasteiger partial charge in [-0.25, -0.2) is 4.98 Å². The molecule has 2 rings (SSSR count). The van der Waals surface area contributed by atoms with Crippen molar-refractivity contribution in [3.05, 3.63) is 18.2 Å². The lowest BCUT2D eigenvalue weighted by atomic mass is 9.97. The molecule has 1 amide bonds. The molecular formula is C13H24ClN5O. The largest absolute Gasteiger partial charge is 0.355 e. The molecule has 0 spiro atoms. The number of nitrogens with one attached hydrogen (secondary N) is 1. The first-order valence-corrected chi connectivity index (χ1v) is 6.87. The van der Waals surface area contributed by atoms with E-state index in [0.29, 0.717) is 13.1 Å². The van der Waals surface area contributed by atoms with Gasteiger partial charge in [0.05, 0.1) is 12.5 Å². The molecule has 6 nitrogen and oxygen atoms in total. The number of likely N-dealkylation sites (tertiary alicyclic amines) is 1. The van der Waals surface area contributed by atoms with E-state index in [-0.39, 0.29) is 24.2 Å². The number of hydrogen-bond acceptors (Lipinski definition) is 4. The molecule has 0 radical (unpaired) electrons. The number of aryl methyl sites for hydroxylation is 1. The van der Waals surface area contributed by atoms with Gasteiger partial charge in [-0.1, -0.05) is 0 Å². The van der Waals surface area contributed by atoms with Crippen LogP contribution in [-0.4, -0.2) is 46.5 Å². The fourth-order valence-corrected chi connectivity index (χ4v) is 2.50. The van der Waals surface area contributed by atoms with Gasteiger partial charge in [0.2, 0.25) is 5.91 Å². The molecular weight excluding hydrogens is 278 g/mol. The maximum Gasteiger partial charge on any atom is 0.224 e. The third-order valence-electron chi connectivity index (χ3n) is 3.61. The Labute approximate surface area is 126 Å². The Kier molecular flexibility index (Phi) is 6.98. The highest BCUT2D eigenvalue weighted by atomic mass is 35.5. The lowest BCUT2D eigenvalue weighted by Crippen LogP contribution is -2.43. The van der Waals surface area contributed by atoms with Gasteiger partial charge in [-0.15, -0.1) is 12.4 Å². The molecule has 0 aliphatic carbocycles. The second-order valence-corrected chi connectivity index (χ2v) is 5.11. The van der Waals surface area contributed by atoms with Crippen molar-refractivity contribution in [1.82, 2.24) is 19.8 Å². The van der Waals surface area contributed by atoms with Crippen molar-refractivity contribution in [2.75, 3.05) is 26.2 Å². The standard InChI is InChI=1S/C13H23N5O.ClH/c1-17-8-6-15-12(17)10-18-7-2-3-11(9-18)13(19)16-5-4-14;/h6,8,11H,2-5,7,9-10,14H2,1H3,(H,16,19);1H. The zero-order valence-electron chi connectivity index (χ0n) is 11.9. The average molecular weight is 302 g/mol. The Bertz CT molecular complexity index is 423. The van der Waals surface area contributed by atoms with Crippen molar-refractivity contribution in [2.24, 2.45) is 18.7 Å². The quantitative estimate of drug-likeness (QED) is 0.810. The van der Waals surface area contributed by atoms with E-state index in [1.54, 1.807) is 0 Å². The number of halogens is 1. The van der Waals surface area contributed by atoms with Gasteiger partial charge in [0, 0.05) is 39.1 Å². The Morgan fingerprint density at radius 2 is 2.40 bits per heavy atom. The summed E-state index contributed by atoms with van der Waals surface area (Å²) in [6, 6.07) is 0. The topological polar surface area (TPSA) is 76.2 Å². The second kappa shape index (κ2) is 8.24. The number of aromatic nitrogens is 2. The number of carbonyl (C=O) groups is 1. The van der Waals surface area contributed by atoms with E-state index in [0.717, 1.165) is 38.3 Å². The zero-order valence-corrected chi connectivity index (χ0v) is 12.7. The van der Waals surface area contributed by atoms with E-state index in [2.05, 4.69) is 15.2 Å². The number of nitrogens with zero attached hydrogens (tertiary/aromatic N) is 3. The monoisotopic (exact) mass is 301 g/mol. The first kappa shape index (κ1) is 16.9. The summed E-state index contributed by atoms with van der Waals surface area (Å²) in [4.78, 5) is 18.6. The number of rotatable bonds is 5. The number of imidazole rings is 1. The summed E-state index contributed by atoms with van der Waals surface area (Å²) < 4.78 is 2.03. The highest BCUT2D eigenvalue weighted by Crippen LogP contribution is 2.18. The minimum Gasteiger partial charge on any atom is -0.355 e. The number of nitrogens with two attached hydrogens (primary N) is 1. The molecule has 3 N–H and O–H groups in total. The summed E-state index contributed by atoms with van der Waals surface area (Å²) >= 11 is 0. The van der Waals surface area contributed by atoms with E-state index >= 15 is 0 Å². The molecule has 0 bridgehead atoms. The molecule has 20 heavy (non-hydrogen) atoms. The van der Waals surface area contributed by atoms with Crippen LogP contribution in [0.3, 0.4) is 0 Å². The van der Waals surface area contributed by atoms with Gasteiger partial charge in [0.25, 0.3) is 0 Å². The maximum absolute atomic E-state index is 12.0.